The molecule has 2 aromatic carbocycles. The van der Waals surface area contributed by atoms with E-state index < -0.39 is 0 Å². The quantitative estimate of drug-likeness (QED) is 0.811. The number of nitrogens with one attached hydrogen (secondary N) is 1. The number of aryl methyl sites for hydroxylation is 2. The molecule has 2 aromatic rings. The van der Waals surface area contributed by atoms with Gasteiger partial charge in [-0.3, -0.25) is 0 Å². The van der Waals surface area contributed by atoms with Gasteiger partial charge in [-0.2, -0.15) is 0 Å². The fourth-order valence-corrected chi connectivity index (χ4v) is 1.88. The molecule has 0 radical (unpaired) electrons. The number of anilines is 1. The summed E-state index contributed by atoms with van der Waals surface area (Å²) in [6.45, 7) is 5.13. The van der Waals surface area contributed by atoms with Crippen molar-refractivity contribution in [2.75, 3.05) is 5.32 Å². The molecule has 82 valence electrons. The van der Waals surface area contributed by atoms with Gasteiger partial charge in [0.2, 0.25) is 0 Å². The molecule has 2 rings (SSSR count). The fourth-order valence-electron chi connectivity index (χ4n) is 1.88. The highest BCUT2D eigenvalue weighted by Crippen LogP contribution is 2.14. The maximum atomic E-state index is 3.44. The molecular weight excluding hydrogens is 194 g/mol. The zero-order valence-electron chi connectivity index (χ0n) is 9.83. The lowest BCUT2D eigenvalue weighted by Gasteiger charge is -2.08. The van der Waals surface area contributed by atoms with E-state index in [0.717, 1.165) is 6.54 Å². The summed E-state index contributed by atoms with van der Waals surface area (Å²) >= 11 is 0. The van der Waals surface area contributed by atoms with Crippen LogP contribution < -0.4 is 5.32 Å². The van der Waals surface area contributed by atoms with Gasteiger partial charge in [-0.05, 0) is 42.7 Å². The van der Waals surface area contributed by atoms with Crippen molar-refractivity contribution < 1.29 is 0 Å². The largest absolute Gasteiger partial charge is 0.381 e. The molecule has 0 saturated heterocycles. The Morgan fingerprint density at radius 2 is 1.50 bits per heavy atom. The lowest BCUT2D eigenvalue weighted by molar-refractivity contribution is 1.14. The molecule has 1 heteroatoms. The number of benzene rings is 2. The zero-order valence-corrected chi connectivity index (χ0v) is 9.83. The van der Waals surface area contributed by atoms with Gasteiger partial charge in [-0.15, -0.1) is 0 Å². The monoisotopic (exact) mass is 211 g/mol. The summed E-state index contributed by atoms with van der Waals surface area (Å²) in [6.07, 6.45) is 0. The van der Waals surface area contributed by atoms with Gasteiger partial charge in [0.1, 0.15) is 0 Å². The first-order valence-electron chi connectivity index (χ1n) is 5.60. The van der Waals surface area contributed by atoms with Crippen LogP contribution in [0.4, 0.5) is 5.69 Å². The van der Waals surface area contributed by atoms with Gasteiger partial charge in [-0.25, -0.2) is 0 Å². The van der Waals surface area contributed by atoms with E-state index in [1.165, 1.54) is 22.4 Å². The van der Waals surface area contributed by atoms with E-state index in [1.807, 2.05) is 6.07 Å². The Morgan fingerprint density at radius 3 is 2.12 bits per heavy atom. The van der Waals surface area contributed by atoms with Crippen molar-refractivity contribution in [3.05, 3.63) is 65.2 Å². The summed E-state index contributed by atoms with van der Waals surface area (Å²) in [7, 11) is 0. The second-order valence-electron chi connectivity index (χ2n) is 4.22. The van der Waals surface area contributed by atoms with Crippen LogP contribution in [-0.4, -0.2) is 0 Å². The highest BCUT2D eigenvalue weighted by atomic mass is 14.9. The molecule has 0 heterocycles. The molecule has 0 aromatic heterocycles. The topological polar surface area (TPSA) is 12.0 Å². The number of hydrogen-bond acceptors (Lipinski definition) is 1. The van der Waals surface area contributed by atoms with Crippen molar-refractivity contribution in [2.24, 2.45) is 0 Å². The summed E-state index contributed by atoms with van der Waals surface area (Å²) in [5.41, 5.74) is 5.11. The first-order valence-corrected chi connectivity index (χ1v) is 5.60. The van der Waals surface area contributed by atoms with E-state index in [0.29, 0.717) is 0 Å². The summed E-state index contributed by atoms with van der Waals surface area (Å²) in [5.74, 6) is 0. The van der Waals surface area contributed by atoms with E-state index in [1.54, 1.807) is 0 Å². The lowest BCUT2D eigenvalue weighted by Crippen LogP contribution is -1.99. The first kappa shape index (κ1) is 10.7. The molecule has 0 aliphatic heterocycles. The van der Waals surface area contributed by atoms with E-state index in [4.69, 9.17) is 0 Å². The van der Waals surface area contributed by atoms with Crippen molar-refractivity contribution in [1.82, 2.24) is 0 Å². The van der Waals surface area contributed by atoms with Gasteiger partial charge < -0.3 is 5.32 Å². The number of hydrogen-bond donors (Lipinski definition) is 1. The van der Waals surface area contributed by atoms with Crippen LogP contribution in [0.1, 0.15) is 16.7 Å². The molecule has 0 atom stereocenters. The minimum atomic E-state index is 0.879. The fraction of sp³-hybridized carbons (Fsp3) is 0.200. The third kappa shape index (κ3) is 2.86. The second kappa shape index (κ2) is 4.84. The number of rotatable bonds is 3. The first-order chi connectivity index (χ1) is 7.74. The smallest absolute Gasteiger partial charge is 0.0400 e. The Bertz CT molecular complexity index is 440. The molecule has 0 saturated carbocycles. The Morgan fingerprint density at radius 1 is 0.875 bits per heavy atom. The lowest BCUT2D eigenvalue weighted by atomic mass is 10.1. The zero-order chi connectivity index (χ0) is 11.4. The maximum absolute atomic E-state index is 3.44. The predicted molar refractivity (Wildman–Crippen MR) is 69.7 cm³/mol. The van der Waals surface area contributed by atoms with Crippen LogP contribution in [0.15, 0.2) is 48.5 Å². The average molecular weight is 211 g/mol. The van der Waals surface area contributed by atoms with Crippen LogP contribution in [0.5, 0.6) is 0 Å². The molecule has 0 fully saturated rings. The Balaban J connectivity index is 2.05. The standard InChI is InChI=1S/C15H17N/c1-12-8-13(2)10-15(9-12)16-11-14-6-4-3-5-7-14/h3-10,16H,11H2,1-2H3. The van der Waals surface area contributed by atoms with Crippen molar-refractivity contribution in [3.63, 3.8) is 0 Å². The van der Waals surface area contributed by atoms with Gasteiger partial charge in [-0.1, -0.05) is 36.4 Å². The molecule has 1 N–H and O–H groups in total. The van der Waals surface area contributed by atoms with Crippen LogP contribution in [0.25, 0.3) is 0 Å². The average Bonchev–Trinajstić information content (AvgIpc) is 2.27. The molecule has 16 heavy (non-hydrogen) atoms. The molecular formula is C15H17N. The van der Waals surface area contributed by atoms with Crippen LogP contribution in [0, 0.1) is 13.8 Å². The maximum Gasteiger partial charge on any atom is 0.0400 e. The van der Waals surface area contributed by atoms with Gasteiger partial charge in [0, 0.05) is 12.2 Å². The van der Waals surface area contributed by atoms with Crippen molar-refractivity contribution >= 4 is 5.69 Å². The van der Waals surface area contributed by atoms with Crippen molar-refractivity contribution in [1.29, 1.82) is 0 Å². The SMILES string of the molecule is Cc1cc(C)cc(NCc2ccccc2)c1. The molecule has 0 bridgehead atoms. The molecule has 1 nitrogen and oxygen atoms in total. The van der Waals surface area contributed by atoms with Crippen LogP contribution in [0.2, 0.25) is 0 Å². The van der Waals surface area contributed by atoms with Crippen molar-refractivity contribution in [3.8, 4) is 0 Å². The van der Waals surface area contributed by atoms with E-state index in [-0.39, 0.29) is 0 Å². The van der Waals surface area contributed by atoms with Crippen molar-refractivity contribution in [2.45, 2.75) is 20.4 Å². The van der Waals surface area contributed by atoms with Gasteiger partial charge in [0.05, 0.1) is 0 Å². The minimum Gasteiger partial charge on any atom is -0.381 e. The summed E-state index contributed by atoms with van der Waals surface area (Å²) < 4.78 is 0. The minimum absolute atomic E-state index is 0.879. The van der Waals surface area contributed by atoms with E-state index in [9.17, 15) is 0 Å². The van der Waals surface area contributed by atoms with E-state index in [2.05, 4.69) is 61.6 Å². The van der Waals surface area contributed by atoms with Gasteiger partial charge in [0.15, 0.2) is 0 Å². The third-order valence-electron chi connectivity index (χ3n) is 2.56. The second-order valence-corrected chi connectivity index (χ2v) is 4.22. The highest BCUT2D eigenvalue weighted by molar-refractivity contribution is 5.48. The Kier molecular flexibility index (Phi) is 3.25. The van der Waals surface area contributed by atoms with Crippen LogP contribution in [-0.2, 0) is 6.54 Å². The highest BCUT2D eigenvalue weighted by Gasteiger charge is 1.95. The molecule has 0 aliphatic rings. The Hall–Kier alpha value is -1.76. The molecule has 0 spiro atoms. The van der Waals surface area contributed by atoms with Crippen LogP contribution >= 0.6 is 0 Å². The van der Waals surface area contributed by atoms with E-state index >= 15 is 0 Å². The predicted octanol–water partition coefficient (Wildman–Crippen LogP) is 3.92. The normalized spacial score (nSPS) is 10.1. The van der Waals surface area contributed by atoms with Crippen LogP contribution in [0.3, 0.4) is 0 Å². The molecule has 0 aliphatic carbocycles. The molecule has 0 unspecified atom stereocenters. The summed E-state index contributed by atoms with van der Waals surface area (Å²) in [6, 6.07) is 17.0. The Labute approximate surface area is 97.1 Å². The molecule has 0 amide bonds. The van der Waals surface area contributed by atoms with Gasteiger partial charge >= 0.3 is 0 Å². The summed E-state index contributed by atoms with van der Waals surface area (Å²) in [5, 5.41) is 3.44. The third-order valence-corrected chi connectivity index (χ3v) is 2.56. The summed E-state index contributed by atoms with van der Waals surface area (Å²) in [4.78, 5) is 0. The van der Waals surface area contributed by atoms with Gasteiger partial charge in [0.25, 0.3) is 0 Å².